The average molecular weight is 831 g/mol. The molecule has 1 atom stereocenters. The second-order valence-corrected chi connectivity index (χ2v) is 16.6. The summed E-state index contributed by atoms with van der Waals surface area (Å²) in [6.45, 7) is 1.93. The number of allylic oxidation sites excluding steroid dienone is 4. The number of rotatable bonds is 8. The summed E-state index contributed by atoms with van der Waals surface area (Å²) < 4.78 is 34.5. The number of nitrogens with zero attached hydrogens (tertiary/aromatic N) is 4. The first-order valence-electron chi connectivity index (χ1n) is 21.5. The van der Waals surface area contributed by atoms with Crippen LogP contribution in [0.25, 0.3) is 84.4 Å². The highest BCUT2D eigenvalue weighted by atomic mass is 19.3. The maximum atomic E-state index is 17.3. The van der Waals surface area contributed by atoms with Gasteiger partial charge in [-0.3, -0.25) is 0 Å². The second-order valence-electron chi connectivity index (χ2n) is 16.6. The predicted molar refractivity (Wildman–Crippen MR) is 254 cm³/mol. The van der Waals surface area contributed by atoms with Gasteiger partial charge in [-0.1, -0.05) is 195 Å². The number of aromatic nitrogens is 4. The highest BCUT2D eigenvalue weighted by Crippen LogP contribution is 2.60. The Balaban J connectivity index is 0.965. The zero-order valence-electron chi connectivity index (χ0n) is 35.0. The van der Waals surface area contributed by atoms with E-state index in [0.29, 0.717) is 57.5 Å². The van der Waals surface area contributed by atoms with E-state index in [1.807, 2.05) is 146 Å². The summed E-state index contributed by atoms with van der Waals surface area (Å²) in [6, 6.07) is 65.8. The third-order valence-corrected chi connectivity index (χ3v) is 12.6. The van der Waals surface area contributed by atoms with Crippen LogP contribution in [0.3, 0.4) is 0 Å². The molecule has 2 aromatic heterocycles. The number of benzene rings is 7. The molecule has 64 heavy (non-hydrogen) atoms. The van der Waals surface area contributed by atoms with Crippen LogP contribution in [0, 0.1) is 0 Å². The van der Waals surface area contributed by atoms with E-state index in [4.69, 9.17) is 19.9 Å². The second kappa shape index (κ2) is 15.7. The number of halogens is 2. The van der Waals surface area contributed by atoms with Crippen molar-refractivity contribution in [3.8, 4) is 78.8 Å². The molecule has 0 radical (unpaired) electrons. The van der Waals surface area contributed by atoms with Gasteiger partial charge in [0.2, 0.25) is 0 Å². The van der Waals surface area contributed by atoms with E-state index in [1.165, 1.54) is 0 Å². The maximum Gasteiger partial charge on any atom is 0.296 e. The summed E-state index contributed by atoms with van der Waals surface area (Å²) in [5.41, 5.74) is 11.5. The van der Waals surface area contributed by atoms with Crippen LogP contribution in [-0.4, -0.2) is 19.9 Å². The standard InChI is InChI=1S/C58H40F2N4/c1-57-33-32-47(53-37-51(62-56(64-53)45-20-12-5-13-21-45)43-28-24-41(25-29-43)39-16-8-3-9-17-39)35-54(57)58(59,60)49-34-46(30-31-48(49)57)52-36-50(61-55(63-52)44-18-10-4-11-19-44)42-26-22-40(23-27-42)38-14-6-2-7-15-38/h2-32,34-37H,33H2,1H3. The van der Waals surface area contributed by atoms with Crippen LogP contribution in [-0.2, 0) is 11.3 Å². The first kappa shape index (κ1) is 38.9. The normalized spacial score (nSPS) is 16.0. The first-order valence-corrected chi connectivity index (χ1v) is 21.5. The molecule has 0 spiro atoms. The molecule has 0 bridgehead atoms. The quantitative estimate of drug-likeness (QED) is 0.153. The van der Waals surface area contributed by atoms with Gasteiger partial charge in [-0.2, -0.15) is 8.78 Å². The van der Waals surface area contributed by atoms with Crippen LogP contribution < -0.4 is 0 Å². The molecule has 0 saturated heterocycles. The molecule has 0 saturated carbocycles. The van der Waals surface area contributed by atoms with Gasteiger partial charge in [-0.25, -0.2) is 19.9 Å². The van der Waals surface area contributed by atoms with E-state index in [2.05, 4.69) is 60.7 Å². The minimum atomic E-state index is -3.25. The Morgan fingerprint density at radius 3 is 1.23 bits per heavy atom. The monoisotopic (exact) mass is 830 g/mol. The largest absolute Gasteiger partial charge is 0.296 e. The molecule has 7 aromatic carbocycles. The lowest BCUT2D eigenvalue weighted by atomic mass is 9.73. The third kappa shape index (κ3) is 7.03. The Bertz CT molecular complexity index is 3240. The van der Waals surface area contributed by atoms with E-state index in [0.717, 1.165) is 44.5 Å². The summed E-state index contributed by atoms with van der Waals surface area (Å²) in [5, 5.41) is 0. The average Bonchev–Trinajstić information content (AvgIpc) is 3.54. The summed E-state index contributed by atoms with van der Waals surface area (Å²) in [5.74, 6) is -2.20. The van der Waals surface area contributed by atoms with Gasteiger partial charge in [-0.05, 0) is 64.1 Å². The summed E-state index contributed by atoms with van der Waals surface area (Å²) in [7, 11) is 0. The minimum absolute atomic E-state index is 0.00565. The SMILES string of the molecule is CC12CC=C(c3cc(-c4ccc(-c5ccccc5)cc4)nc(-c4ccccc4)n3)C=C1C(F)(F)c1cc(-c3cc(-c4ccc(-c5ccccc5)cc4)nc(-c4ccccc4)n3)ccc12. The van der Waals surface area contributed by atoms with Crippen molar-refractivity contribution < 1.29 is 8.78 Å². The van der Waals surface area contributed by atoms with Crippen molar-refractivity contribution in [1.29, 1.82) is 0 Å². The number of hydrogen-bond acceptors (Lipinski definition) is 4. The van der Waals surface area contributed by atoms with E-state index >= 15 is 8.78 Å². The Morgan fingerprint density at radius 1 is 0.375 bits per heavy atom. The van der Waals surface area contributed by atoms with Gasteiger partial charge >= 0.3 is 0 Å². The Kier molecular flexibility index (Phi) is 9.58. The van der Waals surface area contributed by atoms with Crippen molar-refractivity contribution in [2.75, 3.05) is 0 Å². The lowest BCUT2D eigenvalue weighted by Gasteiger charge is -2.31. The lowest BCUT2D eigenvalue weighted by Crippen LogP contribution is -2.26. The van der Waals surface area contributed by atoms with Crippen LogP contribution in [0.15, 0.2) is 218 Å². The molecule has 0 N–H and O–H groups in total. The van der Waals surface area contributed by atoms with Gasteiger partial charge in [0.05, 0.1) is 22.8 Å². The molecule has 6 heteroatoms. The van der Waals surface area contributed by atoms with Crippen LogP contribution in [0.4, 0.5) is 8.78 Å². The zero-order chi connectivity index (χ0) is 43.3. The highest BCUT2D eigenvalue weighted by Gasteiger charge is 2.56. The van der Waals surface area contributed by atoms with Crippen molar-refractivity contribution in [1.82, 2.24) is 19.9 Å². The van der Waals surface area contributed by atoms with E-state index in [9.17, 15) is 0 Å². The molecule has 0 fully saturated rings. The molecule has 1 unspecified atom stereocenters. The lowest BCUT2D eigenvalue weighted by molar-refractivity contribution is 0.0371. The number of hydrogen-bond donors (Lipinski definition) is 0. The molecule has 306 valence electrons. The molecule has 0 aliphatic heterocycles. The summed E-state index contributed by atoms with van der Waals surface area (Å²) in [6.07, 6.45) is 4.10. The van der Waals surface area contributed by atoms with Crippen molar-refractivity contribution in [3.05, 3.63) is 235 Å². The zero-order valence-corrected chi connectivity index (χ0v) is 35.0. The molecule has 2 heterocycles. The fourth-order valence-electron chi connectivity index (χ4n) is 9.10. The van der Waals surface area contributed by atoms with Crippen molar-refractivity contribution in [2.45, 2.75) is 24.7 Å². The Morgan fingerprint density at radius 2 is 0.750 bits per heavy atom. The third-order valence-electron chi connectivity index (χ3n) is 12.6. The molecule has 2 aliphatic carbocycles. The van der Waals surface area contributed by atoms with Gasteiger partial charge in [0, 0.05) is 44.4 Å². The van der Waals surface area contributed by atoms with Crippen molar-refractivity contribution in [2.24, 2.45) is 0 Å². The highest BCUT2D eigenvalue weighted by molar-refractivity contribution is 5.82. The number of alkyl halides is 2. The molecule has 4 nitrogen and oxygen atoms in total. The molecular formula is C58H40F2N4. The molecule has 11 rings (SSSR count). The van der Waals surface area contributed by atoms with E-state index in [1.54, 1.807) is 12.1 Å². The van der Waals surface area contributed by atoms with Gasteiger partial charge in [-0.15, -0.1) is 0 Å². The van der Waals surface area contributed by atoms with Gasteiger partial charge in [0.15, 0.2) is 11.6 Å². The van der Waals surface area contributed by atoms with E-state index < -0.39 is 11.3 Å². The molecule has 2 aliphatic rings. The Hall–Kier alpha value is -7.96. The molecule has 9 aromatic rings. The van der Waals surface area contributed by atoms with Crippen LogP contribution in [0.1, 0.15) is 30.2 Å². The fourth-order valence-corrected chi connectivity index (χ4v) is 9.10. The molecule has 0 amide bonds. The van der Waals surface area contributed by atoms with Gasteiger partial charge < -0.3 is 0 Å². The van der Waals surface area contributed by atoms with Gasteiger partial charge in [0.1, 0.15) is 0 Å². The van der Waals surface area contributed by atoms with Crippen LogP contribution >= 0.6 is 0 Å². The maximum absolute atomic E-state index is 17.3. The number of fused-ring (bicyclic) bond motifs is 3. The van der Waals surface area contributed by atoms with Crippen LogP contribution in [0.5, 0.6) is 0 Å². The predicted octanol–water partition coefficient (Wildman–Crippen LogP) is 14.7. The first-order chi connectivity index (χ1) is 31.3. The van der Waals surface area contributed by atoms with Crippen LogP contribution in [0.2, 0.25) is 0 Å². The minimum Gasteiger partial charge on any atom is -0.228 e. The summed E-state index contributed by atoms with van der Waals surface area (Å²) in [4.78, 5) is 20.0. The van der Waals surface area contributed by atoms with E-state index in [-0.39, 0.29) is 11.1 Å². The smallest absolute Gasteiger partial charge is 0.228 e. The molecular weight excluding hydrogens is 791 g/mol. The Labute approximate surface area is 371 Å². The summed E-state index contributed by atoms with van der Waals surface area (Å²) >= 11 is 0. The fraction of sp³-hybridized carbons (Fsp3) is 0.0690. The van der Waals surface area contributed by atoms with Crippen molar-refractivity contribution in [3.63, 3.8) is 0 Å². The van der Waals surface area contributed by atoms with Gasteiger partial charge in [0.25, 0.3) is 5.92 Å². The van der Waals surface area contributed by atoms with Crippen molar-refractivity contribution >= 4 is 5.57 Å². The topological polar surface area (TPSA) is 51.6 Å².